The Morgan fingerprint density at radius 1 is 1.15 bits per heavy atom. The SMILES string of the molecule is OCC(Nc1ccccc1Cl)c1cccc(C2CC2)c1. The minimum absolute atomic E-state index is 0.0410. The minimum Gasteiger partial charge on any atom is -0.394 e. The highest BCUT2D eigenvalue weighted by molar-refractivity contribution is 6.33. The van der Waals surface area contributed by atoms with E-state index in [1.54, 1.807) is 0 Å². The summed E-state index contributed by atoms with van der Waals surface area (Å²) in [5.41, 5.74) is 3.34. The summed E-state index contributed by atoms with van der Waals surface area (Å²) < 4.78 is 0. The number of aliphatic hydroxyl groups is 1. The molecule has 0 aliphatic heterocycles. The topological polar surface area (TPSA) is 32.3 Å². The number of aliphatic hydroxyl groups excluding tert-OH is 1. The highest BCUT2D eigenvalue weighted by Crippen LogP contribution is 2.40. The van der Waals surface area contributed by atoms with Gasteiger partial charge in [0.25, 0.3) is 0 Å². The summed E-state index contributed by atoms with van der Waals surface area (Å²) in [5, 5.41) is 13.7. The lowest BCUT2D eigenvalue weighted by Gasteiger charge is -2.19. The standard InChI is InChI=1S/C17H18ClNO/c18-15-6-1-2-7-16(15)19-17(11-20)14-5-3-4-13(10-14)12-8-9-12/h1-7,10,12,17,19-20H,8-9,11H2. The smallest absolute Gasteiger partial charge is 0.0745 e. The van der Waals surface area contributed by atoms with Crippen LogP contribution in [0.5, 0.6) is 0 Å². The van der Waals surface area contributed by atoms with Gasteiger partial charge in [-0.15, -0.1) is 0 Å². The van der Waals surface area contributed by atoms with Gasteiger partial charge in [-0.1, -0.05) is 48.0 Å². The molecule has 1 fully saturated rings. The molecule has 104 valence electrons. The third-order valence-corrected chi connectivity index (χ3v) is 4.08. The van der Waals surface area contributed by atoms with Crippen LogP contribution in [-0.4, -0.2) is 11.7 Å². The molecule has 1 aliphatic carbocycles. The predicted octanol–water partition coefficient (Wildman–Crippen LogP) is 4.36. The first-order valence-electron chi connectivity index (χ1n) is 6.99. The Morgan fingerprint density at radius 2 is 1.95 bits per heavy atom. The van der Waals surface area contributed by atoms with E-state index in [0.717, 1.165) is 17.2 Å². The van der Waals surface area contributed by atoms with Gasteiger partial charge < -0.3 is 10.4 Å². The summed E-state index contributed by atoms with van der Waals surface area (Å²) in [4.78, 5) is 0. The van der Waals surface area contributed by atoms with Crippen molar-refractivity contribution in [2.75, 3.05) is 11.9 Å². The van der Waals surface area contributed by atoms with E-state index in [0.29, 0.717) is 5.02 Å². The fourth-order valence-electron chi connectivity index (χ4n) is 2.45. The number of benzene rings is 2. The van der Waals surface area contributed by atoms with E-state index < -0.39 is 0 Å². The molecule has 20 heavy (non-hydrogen) atoms. The number of para-hydroxylation sites is 1. The second-order valence-electron chi connectivity index (χ2n) is 5.30. The fourth-order valence-corrected chi connectivity index (χ4v) is 2.64. The van der Waals surface area contributed by atoms with Gasteiger partial charge in [-0.05, 0) is 42.0 Å². The van der Waals surface area contributed by atoms with E-state index in [4.69, 9.17) is 11.6 Å². The summed E-state index contributed by atoms with van der Waals surface area (Å²) in [5.74, 6) is 0.717. The third-order valence-electron chi connectivity index (χ3n) is 3.75. The van der Waals surface area contributed by atoms with Crippen LogP contribution in [0.25, 0.3) is 0 Å². The zero-order valence-corrected chi connectivity index (χ0v) is 12.0. The van der Waals surface area contributed by atoms with Gasteiger partial charge in [-0.3, -0.25) is 0 Å². The monoisotopic (exact) mass is 287 g/mol. The zero-order valence-electron chi connectivity index (χ0n) is 11.2. The van der Waals surface area contributed by atoms with Gasteiger partial charge in [0.2, 0.25) is 0 Å². The maximum Gasteiger partial charge on any atom is 0.0745 e. The second kappa shape index (κ2) is 5.86. The Morgan fingerprint density at radius 3 is 2.65 bits per heavy atom. The highest BCUT2D eigenvalue weighted by Gasteiger charge is 2.24. The van der Waals surface area contributed by atoms with E-state index in [2.05, 4.69) is 29.6 Å². The largest absolute Gasteiger partial charge is 0.394 e. The minimum atomic E-state index is -0.131. The molecule has 1 aliphatic rings. The van der Waals surface area contributed by atoms with Crippen LogP contribution in [0.15, 0.2) is 48.5 Å². The Balaban J connectivity index is 1.82. The van der Waals surface area contributed by atoms with Gasteiger partial charge >= 0.3 is 0 Å². The average molecular weight is 288 g/mol. The molecule has 0 radical (unpaired) electrons. The molecule has 2 aromatic carbocycles. The molecule has 1 atom stereocenters. The van der Waals surface area contributed by atoms with Gasteiger partial charge in [0.05, 0.1) is 23.4 Å². The summed E-state index contributed by atoms with van der Waals surface area (Å²) in [6.07, 6.45) is 2.57. The first kappa shape index (κ1) is 13.5. The second-order valence-corrected chi connectivity index (χ2v) is 5.71. The van der Waals surface area contributed by atoms with Crippen molar-refractivity contribution in [1.82, 2.24) is 0 Å². The van der Waals surface area contributed by atoms with E-state index in [1.165, 1.54) is 18.4 Å². The van der Waals surface area contributed by atoms with Crippen molar-refractivity contribution in [1.29, 1.82) is 0 Å². The summed E-state index contributed by atoms with van der Waals surface area (Å²) >= 11 is 6.16. The maximum absolute atomic E-state index is 9.67. The highest BCUT2D eigenvalue weighted by atomic mass is 35.5. The lowest BCUT2D eigenvalue weighted by Crippen LogP contribution is -2.15. The molecule has 3 heteroatoms. The molecule has 3 rings (SSSR count). The van der Waals surface area contributed by atoms with Crippen LogP contribution in [0.4, 0.5) is 5.69 Å². The average Bonchev–Trinajstić information content (AvgIpc) is 3.31. The van der Waals surface area contributed by atoms with Crippen molar-refractivity contribution < 1.29 is 5.11 Å². The van der Waals surface area contributed by atoms with Gasteiger partial charge in [0.15, 0.2) is 0 Å². The lowest BCUT2D eigenvalue weighted by atomic mass is 10.0. The summed E-state index contributed by atoms with van der Waals surface area (Å²) in [6, 6.07) is 16.0. The maximum atomic E-state index is 9.67. The van der Waals surface area contributed by atoms with Gasteiger partial charge in [0.1, 0.15) is 0 Å². The Bertz CT molecular complexity index is 595. The van der Waals surface area contributed by atoms with Crippen molar-refractivity contribution in [3.63, 3.8) is 0 Å². The molecule has 0 amide bonds. The Hall–Kier alpha value is -1.51. The number of rotatable bonds is 5. The first-order chi connectivity index (χ1) is 9.78. The van der Waals surface area contributed by atoms with E-state index in [-0.39, 0.29) is 12.6 Å². The van der Waals surface area contributed by atoms with Crippen LogP contribution < -0.4 is 5.32 Å². The van der Waals surface area contributed by atoms with E-state index in [1.807, 2.05) is 24.3 Å². The molecule has 2 nitrogen and oxygen atoms in total. The molecular formula is C17H18ClNO. The lowest BCUT2D eigenvalue weighted by molar-refractivity contribution is 0.276. The molecule has 2 N–H and O–H groups in total. The molecule has 0 spiro atoms. The number of halogens is 1. The third kappa shape index (κ3) is 2.97. The number of nitrogens with one attached hydrogen (secondary N) is 1. The molecule has 1 unspecified atom stereocenters. The van der Waals surface area contributed by atoms with Crippen LogP contribution in [0, 0.1) is 0 Å². The molecule has 0 bridgehead atoms. The molecule has 1 saturated carbocycles. The normalized spacial score (nSPS) is 15.9. The molecule has 0 heterocycles. The quantitative estimate of drug-likeness (QED) is 0.856. The Kier molecular flexibility index (Phi) is 3.95. The zero-order chi connectivity index (χ0) is 13.9. The molecule has 0 saturated heterocycles. The van der Waals surface area contributed by atoms with Crippen molar-refractivity contribution in [2.45, 2.75) is 24.8 Å². The van der Waals surface area contributed by atoms with Crippen molar-refractivity contribution >= 4 is 17.3 Å². The van der Waals surface area contributed by atoms with Gasteiger partial charge in [0, 0.05) is 0 Å². The van der Waals surface area contributed by atoms with Crippen LogP contribution >= 0.6 is 11.6 Å². The molecule has 2 aromatic rings. The predicted molar refractivity (Wildman–Crippen MR) is 83.3 cm³/mol. The summed E-state index contributed by atoms with van der Waals surface area (Å²) in [6.45, 7) is 0.0410. The number of hydrogen-bond acceptors (Lipinski definition) is 2. The van der Waals surface area contributed by atoms with Crippen LogP contribution in [0.2, 0.25) is 5.02 Å². The van der Waals surface area contributed by atoms with Crippen LogP contribution in [0.3, 0.4) is 0 Å². The molecular weight excluding hydrogens is 270 g/mol. The van der Waals surface area contributed by atoms with Gasteiger partial charge in [-0.25, -0.2) is 0 Å². The number of hydrogen-bond donors (Lipinski definition) is 2. The van der Waals surface area contributed by atoms with E-state index >= 15 is 0 Å². The fraction of sp³-hybridized carbons (Fsp3) is 0.294. The first-order valence-corrected chi connectivity index (χ1v) is 7.37. The van der Waals surface area contributed by atoms with Crippen molar-refractivity contribution in [3.8, 4) is 0 Å². The van der Waals surface area contributed by atoms with E-state index in [9.17, 15) is 5.11 Å². The van der Waals surface area contributed by atoms with Crippen LogP contribution in [-0.2, 0) is 0 Å². The Labute approximate surface area is 124 Å². The van der Waals surface area contributed by atoms with Crippen LogP contribution in [0.1, 0.15) is 35.9 Å². The van der Waals surface area contributed by atoms with Crippen molar-refractivity contribution in [3.05, 3.63) is 64.7 Å². The van der Waals surface area contributed by atoms with Gasteiger partial charge in [-0.2, -0.15) is 0 Å². The van der Waals surface area contributed by atoms with Crippen molar-refractivity contribution in [2.24, 2.45) is 0 Å². The molecule has 0 aromatic heterocycles. The summed E-state index contributed by atoms with van der Waals surface area (Å²) in [7, 11) is 0. The number of anilines is 1.